The zero-order chi connectivity index (χ0) is 40.5. The van der Waals surface area contributed by atoms with E-state index in [2.05, 4.69) is 77.7 Å². The number of halogens is 4. The summed E-state index contributed by atoms with van der Waals surface area (Å²) in [5, 5.41) is 1.45. The summed E-state index contributed by atoms with van der Waals surface area (Å²) in [6.45, 7) is -0.323. The van der Waals surface area contributed by atoms with Crippen LogP contribution in [0.4, 0.5) is 51.7 Å². The van der Waals surface area contributed by atoms with E-state index >= 15 is 8.78 Å². The van der Waals surface area contributed by atoms with Crippen molar-refractivity contribution in [3.8, 4) is 33.8 Å². The molecular formula is C52H31BF4N2O. The average molecular weight is 787 g/mol. The minimum atomic E-state index is -0.914. The molecule has 2 heterocycles. The van der Waals surface area contributed by atoms with Gasteiger partial charge < -0.3 is 14.5 Å². The third kappa shape index (κ3) is 5.75. The molecule has 3 nitrogen and oxygen atoms in total. The molecule has 9 aromatic carbocycles. The quantitative estimate of drug-likeness (QED) is 0.123. The molecule has 0 fully saturated rings. The molecule has 0 saturated heterocycles. The fourth-order valence-corrected chi connectivity index (χ4v) is 8.96. The Morgan fingerprint density at radius 2 is 1.00 bits per heavy atom. The van der Waals surface area contributed by atoms with Crippen molar-refractivity contribution in [3.05, 3.63) is 211 Å². The second kappa shape index (κ2) is 14.1. The van der Waals surface area contributed by atoms with E-state index in [1.165, 1.54) is 17.0 Å². The Kier molecular flexibility index (Phi) is 8.34. The lowest BCUT2D eigenvalue weighted by Crippen LogP contribution is -2.59. The molecule has 2 aliphatic rings. The highest BCUT2D eigenvalue weighted by Crippen LogP contribution is 2.47. The summed E-state index contributed by atoms with van der Waals surface area (Å²) in [6, 6.07) is 57.5. The van der Waals surface area contributed by atoms with Crippen LogP contribution in [-0.2, 0) is 0 Å². The lowest BCUT2D eigenvalue weighted by molar-refractivity contribution is 0.488. The lowest BCUT2D eigenvalue weighted by Gasteiger charge is -2.41. The zero-order valence-corrected chi connectivity index (χ0v) is 31.8. The largest absolute Gasteiger partial charge is 0.458 e. The summed E-state index contributed by atoms with van der Waals surface area (Å²) in [6.07, 6.45) is 0. The van der Waals surface area contributed by atoms with Crippen molar-refractivity contribution >= 4 is 68.0 Å². The normalized spacial score (nSPS) is 12.4. The summed E-state index contributed by atoms with van der Waals surface area (Å²) in [5.74, 6) is -2.26. The molecule has 0 saturated carbocycles. The molecule has 0 N–H and O–H groups in total. The predicted molar refractivity (Wildman–Crippen MR) is 235 cm³/mol. The van der Waals surface area contributed by atoms with Crippen LogP contribution in [-0.4, -0.2) is 6.71 Å². The molecule has 0 aliphatic carbocycles. The fourth-order valence-electron chi connectivity index (χ4n) is 8.96. The smallest absolute Gasteiger partial charge is 0.257 e. The first-order valence-corrected chi connectivity index (χ1v) is 19.6. The highest BCUT2D eigenvalue weighted by atomic mass is 19.1. The van der Waals surface area contributed by atoms with E-state index in [0.29, 0.717) is 22.6 Å². The Bertz CT molecular complexity index is 3090. The van der Waals surface area contributed by atoms with Crippen molar-refractivity contribution in [1.29, 1.82) is 0 Å². The highest BCUT2D eigenvalue weighted by molar-refractivity contribution is 7.00. The first-order valence-electron chi connectivity index (χ1n) is 19.6. The van der Waals surface area contributed by atoms with Crippen LogP contribution >= 0.6 is 0 Å². The van der Waals surface area contributed by atoms with Gasteiger partial charge in [-0.1, -0.05) is 115 Å². The van der Waals surface area contributed by atoms with E-state index in [1.807, 2.05) is 72.8 Å². The van der Waals surface area contributed by atoms with E-state index < -0.39 is 23.3 Å². The van der Waals surface area contributed by atoms with Crippen LogP contribution in [0.2, 0.25) is 0 Å². The minimum absolute atomic E-state index is 0.116. The second-order valence-corrected chi connectivity index (χ2v) is 15.0. The maximum Gasteiger partial charge on any atom is 0.257 e. The molecule has 8 heteroatoms. The number of hydrogen-bond acceptors (Lipinski definition) is 3. The number of hydrogen-bond donors (Lipinski definition) is 0. The molecule has 0 spiro atoms. The zero-order valence-electron chi connectivity index (χ0n) is 31.8. The van der Waals surface area contributed by atoms with Crippen LogP contribution in [0.15, 0.2) is 188 Å². The Hall–Kier alpha value is -7.58. The average Bonchev–Trinajstić information content (AvgIpc) is 3.28. The molecule has 60 heavy (non-hydrogen) atoms. The van der Waals surface area contributed by atoms with Gasteiger partial charge in [-0.05, 0) is 98.6 Å². The second-order valence-electron chi connectivity index (χ2n) is 15.0. The van der Waals surface area contributed by atoms with E-state index in [9.17, 15) is 8.78 Å². The molecule has 286 valence electrons. The molecule has 2 aliphatic heterocycles. The van der Waals surface area contributed by atoms with Crippen molar-refractivity contribution in [2.45, 2.75) is 0 Å². The number of nitrogens with zero attached hydrogens (tertiary/aromatic N) is 2. The van der Waals surface area contributed by atoms with Gasteiger partial charge in [-0.25, -0.2) is 17.6 Å². The summed E-state index contributed by atoms with van der Waals surface area (Å²) >= 11 is 0. The van der Waals surface area contributed by atoms with Gasteiger partial charge in [-0.2, -0.15) is 0 Å². The molecule has 0 bridgehead atoms. The van der Waals surface area contributed by atoms with Crippen molar-refractivity contribution in [1.82, 2.24) is 0 Å². The molecule has 0 unspecified atom stereocenters. The number of fused-ring (bicyclic) bond motifs is 6. The van der Waals surface area contributed by atoms with Crippen molar-refractivity contribution in [3.63, 3.8) is 0 Å². The van der Waals surface area contributed by atoms with Gasteiger partial charge in [0.05, 0.1) is 17.1 Å². The van der Waals surface area contributed by atoms with Crippen molar-refractivity contribution < 1.29 is 22.3 Å². The van der Waals surface area contributed by atoms with Crippen molar-refractivity contribution in [2.24, 2.45) is 0 Å². The van der Waals surface area contributed by atoms with E-state index in [-0.39, 0.29) is 18.1 Å². The fraction of sp³-hybridized carbons (Fsp3) is 0. The Morgan fingerprint density at radius 3 is 1.65 bits per heavy atom. The first-order chi connectivity index (χ1) is 29.4. The maximum atomic E-state index is 15.9. The van der Waals surface area contributed by atoms with Crippen LogP contribution in [0, 0.1) is 23.3 Å². The molecular weight excluding hydrogens is 755 g/mol. The summed E-state index contributed by atoms with van der Waals surface area (Å²) in [7, 11) is 0. The maximum absolute atomic E-state index is 15.9. The highest BCUT2D eigenvalue weighted by Gasteiger charge is 2.43. The summed E-state index contributed by atoms with van der Waals surface area (Å²) in [5.41, 5.74) is 10.4. The van der Waals surface area contributed by atoms with Crippen LogP contribution < -0.4 is 30.9 Å². The third-order valence-corrected chi connectivity index (χ3v) is 11.6. The molecule has 11 rings (SSSR count). The van der Waals surface area contributed by atoms with Crippen LogP contribution in [0.5, 0.6) is 11.5 Å². The molecule has 0 radical (unpaired) electrons. The molecule has 0 amide bonds. The summed E-state index contributed by atoms with van der Waals surface area (Å²) < 4.78 is 67.5. The van der Waals surface area contributed by atoms with Gasteiger partial charge in [0, 0.05) is 40.6 Å². The molecule has 9 aromatic rings. The number of anilines is 6. The lowest BCUT2D eigenvalue weighted by atomic mass is 9.33. The monoisotopic (exact) mass is 786 g/mol. The third-order valence-electron chi connectivity index (χ3n) is 11.6. The first kappa shape index (κ1) is 35.6. The standard InChI is InChI=1S/C52H31BF4N2O/c54-36-21-26-45(42(56)29-36)59(46-27-22-37(55)30-43(46)57)48-31-50-51(40-15-8-7-14-39(40)48)53-41-28-35(33-12-5-2-6-13-33)20-25-44(41)58(47-16-9-17-49(60-50)52(47)53)38-23-18-34(19-24-38)32-10-3-1-4-11-32/h1-31H. The Balaban J connectivity index is 1.16. The van der Waals surface area contributed by atoms with Gasteiger partial charge in [-0.15, -0.1) is 0 Å². The van der Waals surface area contributed by atoms with Gasteiger partial charge in [0.25, 0.3) is 6.71 Å². The minimum Gasteiger partial charge on any atom is -0.458 e. The van der Waals surface area contributed by atoms with E-state index in [1.54, 1.807) is 6.07 Å². The van der Waals surface area contributed by atoms with Crippen molar-refractivity contribution in [2.75, 3.05) is 9.80 Å². The van der Waals surface area contributed by atoms with Crippen LogP contribution in [0.3, 0.4) is 0 Å². The van der Waals surface area contributed by atoms with Crippen LogP contribution in [0.25, 0.3) is 33.0 Å². The number of ether oxygens (including phenoxy) is 1. The number of rotatable bonds is 6. The van der Waals surface area contributed by atoms with Gasteiger partial charge >= 0.3 is 0 Å². The van der Waals surface area contributed by atoms with Gasteiger partial charge in [-0.3, -0.25) is 0 Å². The number of benzene rings is 9. The van der Waals surface area contributed by atoms with E-state index in [0.717, 1.165) is 85.4 Å². The van der Waals surface area contributed by atoms with E-state index in [4.69, 9.17) is 4.74 Å². The summed E-state index contributed by atoms with van der Waals surface area (Å²) in [4.78, 5) is 3.65. The van der Waals surface area contributed by atoms with Gasteiger partial charge in [0.2, 0.25) is 0 Å². The Labute approximate surface area is 344 Å². The topological polar surface area (TPSA) is 15.7 Å². The SMILES string of the molecule is Fc1ccc(N(c2ccc(F)cc2F)c2cc3c(c4ccccc24)B2c4cc(-c5ccccc5)ccc4N(c4ccc(-c5ccccc5)cc4)c4cccc(c42)O3)c(F)c1. The molecule has 0 aromatic heterocycles. The molecule has 0 atom stereocenters. The predicted octanol–water partition coefficient (Wildman–Crippen LogP) is 12.6. The Morgan fingerprint density at radius 1 is 0.417 bits per heavy atom. The van der Waals surface area contributed by atoms with Gasteiger partial charge in [0.15, 0.2) is 0 Å². The van der Waals surface area contributed by atoms with Crippen LogP contribution in [0.1, 0.15) is 0 Å². The van der Waals surface area contributed by atoms with Gasteiger partial charge in [0.1, 0.15) is 34.8 Å².